The van der Waals surface area contributed by atoms with Crippen molar-refractivity contribution < 1.29 is 4.92 Å². The number of nitro benzene ring substituents is 1. The van der Waals surface area contributed by atoms with Gasteiger partial charge in [0.05, 0.1) is 16.2 Å². The summed E-state index contributed by atoms with van der Waals surface area (Å²) < 4.78 is 0. The predicted octanol–water partition coefficient (Wildman–Crippen LogP) is 3.84. The number of aromatic nitrogens is 1. The van der Waals surface area contributed by atoms with Crippen LogP contribution in [-0.2, 0) is 0 Å². The Morgan fingerprint density at radius 2 is 2.06 bits per heavy atom. The van der Waals surface area contributed by atoms with E-state index < -0.39 is 0 Å². The number of nitro groups is 1. The molecule has 0 fully saturated rings. The minimum Gasteiger partial charge on any atom is -0.258 e. The number of thiazole rings is 1. The fourth-order valence-electron chi connectivity index (χ4n) is 1.49. The molecule has 0 aliphatic carbocycles. The molecule has 0 N–H and O–H groups in total. The van der Waals surface area contributed by atoms with Gasteiger partial charge in [0.15, 0.2) is 0 Å². The van der Waals surface area contributed by atoms with Gasteiger partial charge in [-0.05, 0) is 12.0 Å². The van der Waals surface area contributed by atoms with E-state index in [4.69, 9.17) is 0 Å². The van der Waals surface area contributed by atoms with Gasteiger partial charge in [-0.25, -0.2) is 4.98 Å². The molecule has 1 aromatic heterocycles. The molecule has 0 aliphatic rings. The monoisotopic (exact) mass is 248 g/mol. The minimum absolute atomic E-state index is 0.108. The van der Waals surface area contributed by atoms with E-state index in [0.29, 0.717) is 16.5 Å². The van der Waals surface area contributed by atoms with E-state index in [1.807, 2.05) is 5.38 Å². The number of hydrogen-bond donors (Lipinski definition) is 0. The van der Waals surface area contributed by atoms with Gasteiger partial charge in [-0.3, -0.25) is 10.1 Å². The van der Waals surface area contributed by atoms with Crippen molar-refractivity contribution in [2.45, 2.75) is 19.8 Å². The van der Waals surface area contributed by atoms with Gasteiger partial charge in [-0.1, -0.05) is 26.0 Å². The van der Waals surface area contributed by atoms with Gasteiger partial charge in [0.25, 0.3) is 5.69 Å². The van der Waals surface area contributed by atoms with Crippen LogP contribution in [0.15, 0.2) is 29.6 Å². The molecule has 0 amide bonds. The summed E-state index contributed by atoms with van der Waals surface area (Å²) in [7, 11) is 0. The molecule has 17 heavy (non-hydrogen) atoms. The lowest BCUT2D eigenvalue weighted by Crippen LogP contribution is -1.92. The van der Waals surface area contributed by atoms with Gasteiger partial charge in [0.2, 0.25) is 0 Å². The zero-order valence-corrected chi connectivity index (χ0v) is 10.4. The van der Waals surface area contributed by atoms with Gasteiger partial charge >= 0.3 is 0 Å². The first-order valence-electron chi connectivity index (χ1n) is 5.29. The lowest BCUT2D eigenvalue weighted by atomic mass is 10.1. The van der Waals surface area contributed by atoms with Gasteiger partial charge in [0, 0.05) is 11.4 Å². The highest BCUT2D eigenvalue weighted by molar-refractivity contribution is 7.13. The summed E-state index contributed by atoms with van der Waals surface area (Å²) in [5, 5.41) is 13.6. The van der Waals surface area contributed by atoms with Crippen molar-refractivity contribution in [1.29, 1.82) is 0 Å². The molecule has 5 heteroatoms. The zero-order valence-electron chi connectivity index (χ0n) is 9.58. The van der Waals surface area contributed by atoms with Crippen LogP contribution in [0.5, 0.6) is 0 Å². The van der Waals surface area contributed by atoms with Crippen LogP contribution in [0.1, 0.15) is 25.5 Å². The molecule has 2 aromatic rings. The van der Waals surface area contributed by atoms with Crippen molar-refractivity contribution >= 4 is 17.0 Å². The Balaban J connectivity index is 2.49. The maximum absolute atomic E-state index is 10.9. The third-order valence-corrected chi connectivity index (χ3v) is 3.34. The minimum atomic E-state index is -0.369. The van der Waals surface area contributed by atoms with Crippen molar-refractivity contribution in [3.05, 3.63) is 45.5 Å². The number of para-hydroxylation sites is 1. The van der Waals surface area contributed by atoms with E-state index in [-0.39, 0.29) is 10.6 Å². The number of benzene rings is 1. The second-order valence-corrected chi connectivity index (χ2v) is 4.86. The third kappa shape index (κ3) is 2.34. The highest BCUT2D eigenvalue weighted by Crippen LogP contribution is 2.33. The molecule has 0 aliphatic heterocycles. The molecule has 1 heterocycles. The van der Waals surface area contributed by atoms with Gasteiger partial charge in [-0.15, -0.1) is 11.3 Å². The van der Waals surface area contributed by atoms with Crippen LogP contribution in [0.4, 0.5) is 5.69 Å². The molecule has 0 unspecified atom stereocenters. The largest absolute Gasteiger partial charge is 0.279 e. The standard InChI is InChI=1S/C12H12N2O2S/c1-8(2)10-7-17-12(13-10)9-5-3-4-6-11(9)14(15)16/h3-8H,1-2H3. The Kier molecular flexibility index (Phi) is 3.19. The molecule has 0 saturated heterocycles. The average molecular weight is 248 g/mol. The number of nitrogens with zero attached hydrogens (tertiary/aromatic N) is 2. The van der Waals surface area contributed by atoms with Crippen molar-refractivity contribution in [3.8, 4) is 10.6 Å². The SMILES string of the molecule is CC(C)c1csc(-c2ccccc2[N+](=O)[O-])n1. The molecule has 88 valence electrons. The molecular formula is C12H12N2O2S. The Morgan fingerprint density at radius 1 is 1.35 bits per heavy atom. The summed E-state index contributed by atoms with van der Waals surface area (Å²) in [6, 6.07) is 6.70. The fraction of sp³-hybridized carbons (Fsp3) is 0.250. The zero-order chi connectivity index (χ0) is 12.4. The molecule has 0 atom stereocenters. The molecular weight excluding hydrogens is 236 g/mol. The van der Waals surface area contributed by atoms with Gasteiger partial charge in [0.1, 0.15) is 5.01 Å². The summed E-state index contributed by atoms with van der Waals surface area (Å²) in [5.74, 6) is 0.336. The van der Waals surface area contributed by atoms with Crippen LogP contribution < -0.4 is 0 Å². The van der Waals surface area contributed by atoms with Gasteiger partial charge < -0.3 is 0 Å². The number of rotatable bonds is 3. The highest BCUT2D eigenvalue weighted by Gasteiger charge is 2.17. The summed E-state index contributed by atoms with van der Waals surface area (Å²) in [4.78, 5) is 15.0. The Labute approximate surface area is 103 Å². The summed E-state index contributed by atoms with van der Waals surface area (Å²) >= 11 is 1.45. The molecule has 0 saturated carbocycles. The second kappa shape index (κ2) is 4.63. The van der Waals surface area contributed by atoms with E-state index in [2.05, 4.69) is 18.8 Å². The molecule has 0 spiro atoms. The summed E-state index contributed by atoms with van der Waals surface area (Å²) in [6.07, 6.45) is 0. The smallest absolute Gasteiger partial charge is 0.258 e. The maximum Gasteiger partial charge on any atom is 0.279 e. The van der Waals surface area contributed by atoms with Crippen LogP contribution >= 0.6 is 11.3 Å². The summed E-state index contributed by atoms with van der Waals surface area (Å²) in [6.45, 7) is 4.11. The first kappa shape index (κ1) is 11.7. The van der Waals surface area contributed by atoms with E-state index in [9.17, 15) is 10.1 Å². The molecule has 2 rings (SSSR count). The molecule has 4 nitrogen and oxygen atoms in total. The average Bonchev–Trinajstić information content (AvgIpc) is 2.78. The fourth-order valence-corrected chi connectivity index (χ4v) is 2.50. The van der Waals surface area contributed by atoms with E-state index in [1.165, 1.54) is 17.4 Å². The van der Waals surface area contributed by atoms with E-state index in [1.54, 1.807) is 18.2 Å². The van der Waals surface area contributed by atoms with Crippen molar-refractivity contribution in [2.24, 2.45) is 0 Å². The Hall–Kier alpha value is -1.75. The topological polar surface area (TPSA) is 56.0 Å². The van der Waals surface area contributed by atoms with Gasteiger partial charge in [-0.2, -0.15) is 0 Å². The lowest BCUT2D eigenvalue weighted by molar-refractivity contribution is -0.384. The van der Waals surface area contributed by atoms with Crippen LogP contribution in [0.2, 0.25) is 0 Å². The second-order valence-electron chi connectivity index (χ2n) is 4.01. The highest BCUT2D eigenvalue weighted by atomic mass is 32.1. The van der Waals surface area contributed by atoms with Crippen LogP contribution in [0.25, 0.3) is 10.6 Å². The predicted molar refractivity (Wildman–Crippen MR) is 68.3 cm³/mol. The van der Waals surface area contributed by atoms with Crippen LogP contribution in [0.3, 0.4) is 0 Å². The third-order valence-electron chi connectivity index (χ3n) is 2.44. The lowest BCUT2D eigenvalue weighted by Gasteiger charge is -1.99. The van der Waals surface area contributed by atoms with Crippen molar-refractivity contribution in [1.82, 2.24) is 4.98 Å². The Bertz CT molecular complexity index is 549. The molecule has 0 bridgehead atoms. The van der Waals surface area contributed by atoms with Crippen LogP contribution in [-0.4, -0.2) is 9.91 Å². The molecule has 0 radical (unpaired) electrons. The quantitative estimate of drug-likeness (QED) is 0.612. The van der Waals surface area contributed by atoms with Crippen molar-refractivity contribution in [2.75, 3.05) is 0 Å². The Morgan fingerprint density at radius 3 is 2.65 bits per heavy atom. The van der Waals surface area contributed by atoms with Crippen molar-refractivity contribution in [3.63, 3.8) is 0 Å². The van der Waals surface area contributed by atoms with E-state index >= 15 is 0 Å². The van der Waals surface area contributed by atoms with Crippen LogP contribution in [0, 0.1) is 10.1 Å². The first-order chi connectivity index (χ1) is 8.09. The normalized spacial score (nSPS) is 10.8. The number of hydrogen-bond acceptors (Lipinski definition) is 4. The maximum atomic E-state index is 10.9. The van der Waals surface area contributed by atoms with E-state index in [0.717, 1.165) is 5.69 Å². The first-order valence-corrected chi connectivity index (χ1v) is 6.16. The molecule has 1 aromatic carbocycles. The summed E-state index contributed by atoms with van der Waals surface area (Å²) in [5.41, 5.74) is 1.68.